The van der Waals surface area contributed by atoms with E-state index >= 15 is 0 Å². The molecular formula is C48H29NOS. The van der Waals surface area contributed by atoms with Gasteiger partial charge in [-0.1, -0.05) is 121 Å². The molecular weight excluding hydrogens is 639 g/mol. The average molecular weight is 668 g/mol. The summed E-state index contributed by atoms with van der Waals surface area (Å²) in [5.41, 5.74) is 7.73. The lowest BCUT2D eigenvalue weighted by atomic mass is 9.98. The highest BCUT2D eigenvalue weighted by molar-refractivity contribution is 7.26. The first-order chi connectivity index (χ1) is 25.3. The van der Waals surface area contributed by atoms with Crippen molar-refractivity contribution in [2.75, 3.05) is 4.90 Å². The van der Waals surface area contributed by atoms with Crippen LogP contribution >= 0.6 is 11.3 Å². The molecule has 0 spiro atoms. The van der Waals surface area contributed by atoms with E-state index in [0.29, 0.717) is 0 Å². The van der Waals surface area contributed by atoms with Gasteiger partial charge in [-0.2, -0.15) is 0 Å². The predicted molar refractivity (Wildman–Crippen MR) is 219 cm³/mol. The summed E-state index contributed by atoms with van der Waals surface area (Å²) in [5.74, 6) is 0. The zero-order chi connectivity index (χ0) is 33.5. The molecule has 11 aromatic rings. The van der Waals surface area contributed by atoms with E-state index in [4.69, 9.17) is 4.42 Å². The summed E-state index contributed by atoms with van der Waals surface area (Å²) < 4.78 is 9.24. The molecule has 0 aliphatic heterocycles. The van der Waals surface area contributed by atoms with Gasteiger partial charge in [-0.05, 0) is 92.7 Å². The van der Waals surface area contributed by atoms with E-state index in [0.717, 1.165) is 44.4 Å². The quantitative estimate of drug-likeness (QED) is 0.186. The first-order valence-electron chi connectivity index (χ1n) is 17.3. The number of hydrogen-bond acceptors (Lipinski definition) is 3. The van der Waals surface area contributed by atoms with Gasteiger partial charge in [0.05, 0.1) is 0 Å². The number of rotatable bonds is 4. The van der Waals surface area contributed by atoms with E-state index in [1.807, 2.05) is 11.3 Å². The Labute approximate surface area is 298 Å². The topological polar surface area (TPSA) is 16.4 Å². The van der Waals surface area contributed by atoms with Gasteiger partial charge >= 0.3 is 0 Å². The van der Waals surface area contributed by atoms with Crippen LogP contribution in [0.15, 0.2) is 180 Å². The van der Waals surface area contributed by atoms with Gasteiger partial charge in [-0.3, -0.25) is 0 Å². The SMILES string of the molecule is c1ccc2cc(N(c3ccc(-c4cccc5ccccc45)cc3)c3ccc4c(c3)sc3ccc5c6ccc7ccccc7c6oc5c34)ccc2c1. The van der Waals surface area contributed by atoms with Gasteiger partial charge in [0.15, 0.2) is 0 Å². The van der Waals surface area contributed by atoms with Crippen LogP contribution in [0.3, 0.4) is 0 Å². The first kappa shape index (κ1) is 28.4. The minimum atomic E-state index is 0.959. The Morgan fingerprint density at radius 3 is 1.84 bits per heavy atom. The number of thiophene rings is 1. The Balaban J connectivity index is 1.09. The van der Waals surface area contributed by atoms with Crippen molar-refractivity contribution in [1.82, 2.24) is 0 Å². The summed E-state index contributed by atoms with van der Waals surface area (Å²) in [6, 6.07) is 63.8. The number of nitrogens with zero attached hydrogens (tertiary/aromatic N) is 1. The van der Waals surface area contributed by atoms with Crippen LogP contribution in [-0.2, 0) is 0 Å². The maximum atomic E-state index is 6.77. The standard InChI is InChI=1S/C48H29NOS/c1-2-11-34-28-36(22-16-30(34)8-1)49(35-20-17-33(18-21-35)39-15-7-12-31-9-3-5-13-38(31)39)37-23-25-43-45(29-37)51-44-27-26-42-41-24-19-32-10-4-6-14-40(32)47(41)50-48(42)46(43)44/h1-29H. The fourth-order valence-corrected chi connectivity index (χ4v) is 9.12. The molecule has 2 heterocycles. The molecule has 0 bridgehead atoms. The van der Waals surface area contributed by atoms with E-state index < -0.39 is 0 Å². The van der Waals surface area contributed by atoms with Crippen molar-refractivity contribution in [3.8, 4) is 11.1 Å². The number of hydrogen-bond donors (Lipinski definition) is 0. The molecule has 51 heavy (non-hydrogen) atoms. The van der Waals surface area contributed by atoms with Crippen molar-refractivity contribution in [2.45, 2.75) is 0 Å². The van der Waals surface area contributed by atoms with Crippen LogP contribution in [0.25, 0.3) is 85.6 Å². The Morgan fingerprint density at radius 2 is 0.980 bits per heavy atom. The molecule has 0 unspecified atom stereocenters. The minimum absolute atomic E-state index is 0.959. The molecule has 11 rings (SSSR count). The minimum Gasteiger partial charge on any atom is -0.455 e. The third-order valence-corrected chi connectivity index (χ3v) is 11.5. The third kappa shape index (κ3) is 4.42. The van der Waals surface area contributed by atoms with E-state index in [1.165, 1.54) is 58.2 Å². The second-order valence-corrected chi connectivity index (χ2v) is 14.4. The van der Waals surface area contributed by atoms with Crippen molar-refractivity contribution in [3.05, 3.63) is 176 Å². The van der Waals surface area contributed by atoms with Crippen LogP contribution < -0.4 is 4.90 Å². The van der Waals surface area contributed by atoms with Gasteiger partial charge in [0.25, 0.3) is 0 Å². The number of fused-ring (bicyclic) bond motifs is 11. The number of anilines is 3. The molecule has 9 aromatic carbocycles. The number of furan rings is 1. The summed E-state index contributed by atoms with van der Waals surface area (Å²) in [4.78, 5) is 2.38. The number of benzene rings is 9. The van der Waals surface area contributed by atoms with Gasteiger partial charge in [-0.25, -0.2) is 0 Å². The fourth-order valence-electron chi connectivity index (χ4n) is 7.98. The van der Waals surface area contributed by atoms with E-state index in [9.17, 15) is 0 Å². The van der Waals surface area contributed by atoms with Crippen LogP contribution in [-0.4, -0.2) is 0 Å². The van der Waals surface area contributed by atoms with Crippen molar-refractivity contribution >= 4 is 103 Å². The molecule has 0 saturated carbocycles. The molecule has 2 aromatic heterocycles. The molecule has 0 aliphatic carbocycles. The molecule has 0 atom stereocenters. The highest BCUT2D eigenvalue weighted by Gasteiger charge is 2.19. The maximum Gasteiger partial charge on any atom is 0.144 e. The molecule has 238 valence electrons. The Hall–Kier alpha value is -6.42. The van der Waals surface area contributed by atoms with Crippen LogP contribution in [0.4, 0.5) is 17.1 Å². The summed E-state index contributed by atoms with van der Waals surface area (Å²) in [6.07, 6.45) is 0. The average Bonchev–Trinajstić information content (AvgIpc) is 3.76. The van der Waals surface area contributed by atoms with Crippen LogP contribution in [0, 0.1) is 0 Å². The summed E-state index contributed by atoms with van der Waals surface area (Å²) in [6.45, 7) is 0. The summed E-state index contributed by atoms with van der Waals surface area (Å²) >= 11 is 1.83. The lowest BCUT2D eigenvalue weighted by Gasteiger charge is -2.26. The van der Waals surface area contributed by atoms with Crippen LogP contribution in [0.5, 0.6) is 0 Å². The van der Waals surface area contributed by atoms with Gasteiger partial charge in [0.1, 0.15) is 11.2 Å². The lowest BCUT2D eigenvalue weighted by Crippen LogP contribution is -2.09. The lowest BCUT2D eigenvalue weighted by molar-refractivity contribution is 0.677. The molecule has 3 heteroatoms. The molecule has 0 radical (unpaired) electrons. The van der Waals surface area contributed by atoms with Gasteiger partial charge in [-0.15, -0.1) is 11.3 Å². The zero-order valence-electron chi connectivity index (χ0n) is 27.5. The third-order valence-electron chi connectivity index (χ3n) is 10.4. The first-order valence-corrected chi connectivity index (χ1v) is 18.1. The van der Waals surface area contributed by atoms with Gasteiger partial charge in [0.2, 0.25) is 0 Å². The summed E-state index contributed by atoms with van der Waals surface area (Å²) in [5, 5.41) is 12.0. The van der Waals surface area contributed by atoms with Crippen molar-refractivity contribution < 1.29 is 4.42 Å². The molecule has 0 saturated heterocycles. The monoisotopic (exact) mass is 667 g/mol. The highest BCUT2D eigenvalue weighted by Crippen LogP contribution is 2.46. The van der Waals surface area contributed by atoms with Crippen molar-refractivity contribution in [1.29, 1.82) is 0 Å². The maximum absolute atomic E-state index is 6.77. The van der Waals surface area contributed by atoms with E-state index in [-0.39, 0.29) is 0 Å². The zero-order valence-corrected chi connectivity index (χ0v) is 28.3. The Morgan fingerprint density at radius 1 is 0.373 bits per heavy atom. The van der Waals surface area contributed by atoms with Crippen molar-refractivity contribution in [3.63, 3.8) is 0 Å². The largest absolute Gasteiger partial charge is 0.455 e. The normalized spacial score (nSPS) is 11.9. The molecule has 2 nitrogen and oxygen atoms in total. The summed E-state index contributed by atoms with van der Waals surface area (Å²) in [7, 11) is 0. The van der Waals surface area contributed by atoms with Gasteiger partial charge < -0.3 is 9.32 Å². The predicted octanol–water partition coefficient (Wildman–Crippen LogP) is 14.6. The van der Waals surface area contributed by atoms with Crippen molar-refractivity contribution in [2.24, 2.45) is 0 Å². The molecule has 0 amide bonds. The molecule has 0 aliphatic rings. The van der Waals surface area contributed by atoms with Crippen LogP contribution in [0.1, 0.15) is 0 Å². The molecule has 0 N–H and O–H groups in total. The second-order valence-electron chi connectivity index (χ2n) is 13.3. The second kappa shape index (κ2) is 11.0. The van der Waals surface area contributed by atoms with E-state index in [1.54, 1.807) is 0 Å². The fraction of sp³-hybridized carbons (Fsp3) is 0. The smallest absolute Gasteiger partial charge is 0.144 e. The van der Waals surface area contributed by atoms with Crippen LogP contribution in [0.2, 0.25) is 0 Å². The Kier molecular flexibility index (Phi) is 6.16. The van der Waals surface area contributed by atoms with Gasteiger partial charge in [0, 0.05) is 53.4 Å². The van der Waals surface area contributed by atoms with E-state index in [2.05, 4.69) is 181 Å². The highest BCUT2D eigenvalue weighted by atomic mass is 32.1. The Bertz CT molecular complexity index is 3140. The molecule has 0 fully saturated rings.